The van der Waals surface area contributed by atoms with Gasteiger partial charge in [0.15, 0.2) is 0 Å². The summed E-state index contributed by atoms with van der Waals surface area (Å²) in [6.45, 7) is 0. The van der Waals surface area contributed by atoms with Crippen LogP contribution in [0.3, 0.4) is 0 Å². The predicted octanol–water partition coefficient (Wildman–Crippen LogP) is 14.5. The van der Waals surface area contributed by atoms with Crippen molar-refractivity contribution in [3.63, 3.8) is 0 Å². The lowest BCUT2D eigenvalue weighted by Gasteiger charge is -2.39. The van der Waals surface area contributed by atoms with Gasteiger partial charge in [-0.3, -0.25) is 0 Å². The lowest BCUT2D eigenvalue weighted by atomic mass is 9.66. The minimum atomic E-state index is -0.549. The fourth-order valence-corrected chi connectivity index (χ4v) is 10.3. The molecule has 11 aromatic rings. The predicted molar refractivity (Wildman–Crippen MR) is 251 cm³/mol. The number of pyridine rings is 1. The lowest BCUT2D eigenvalue weighted by Crippen LogP contribution is -2.32. The van der Waals surface area contributed by atoms with Crippen LogP contribution in [0, 0.1) is 0 Å². The molecule has 1 spiro atoms. The molecule has 1 aliphatic heterocycles. The number of para-hydroxylation sites is 3. The molecule has 4 nitrogen and oxygen atoms in total. The molecule has 0 atom stereocenters. The number of hydrogen-bond donors (Lipinski definition) is 0. The fraction of sp³-hybridized carbons (Fsp3) is 0.0172. The van der Waals surface area contributed by atoms with Crippen LogP contribution in [0.5, 0.6) is 11.5 Å². The molecule has 9 aromatic carbocycles. The highest BCUT2D eigenvalue weighted by atomic mass is 16.5. The van der Waals surface area contributed by atoms with E-state index in [-0.39, 0.29) is 0 Å². The van der Waals surface area contributed by atoms with Crippen LogP contribution >= 0.6 is 0 Å². The summed E-state index contributed by atoms with van der Waals surface area (Å²) >= 11 is 0. The zero-order valence-electron chi connectivity index (χ0n) is 33.5. The molecule has 3 heterocycles. The lowest BCUT2D eigenvalue weighted by molar-refractivity contribution is 0.436. The average molecular weight is 790 g/mol. The molecule has 0 amide bonds. The van der Waals surface area contributed by atoms with Crippen molar-refractivity contribution in [1.82, 2.24) is 15.0 Å². The SMILES string of the molecule is c1ccc(-c2nc3ccc(-c4ccc(-c5nc6ccccc6c6c7c(ccc56)C5(c6ccccc6Oc6ccccc65)c5ccccc5-7)cc4)cc3nc2-c2ccccc2)cc1. The molecular weight excluding hydrogens is 755 g/mol. The van der Waals surface area contributed by atoms with E-state index in [1.165, 1.54) is 27.6 Å². The summed E-state index contributed by atoms with van der Waals surface area (Å²) < 4.78 is 6.62. The molecule has 288 valence electrons. The quantitative estimate of drug-likeness (QED) is 0.167. The van der Waals surface area contributed by atoms with Crippen LogP contribution in [0.1, 0.15) is 22.3 Å². The Labute approximate surface area is 358 Å². The van der Waals surface area contributed by atoms with Crippen molar-refractivity contribution in [2.24, 2.45) is 0 Å². The second-order valence-corrected chi connectivity index (χ2v) is 16.2. The maximum absolute atomic E-state index is 6.62. The maximum atomic E-state index is 6.62. The smallest absolute Gasteiger partial charge is 0.132 e. The van der Waals surface area contributed by atoms with Gasteiger partial charge in [0, 0.05) is 44.0 Å². The molecule has 13 rings (SSSR count). The van der Waals surface area contributed by atoms with Gasteiger partial charge in [0.05, 0.1) is 39.0 Å². The van der Waals surface area contributed by atoms with Gasteiger partial charge in [-0.15, -0.1) is 0 Å². The van der Waals surface area contributed by atoms with Crippen molar-refractivity contribution >= 4 is 32.7 Å². The van der Waals surface area contributed by atoms with E-state index in [1.807, 2.05) is 24.3 Å². The van der Waals surface area contributed by atoms with E-state index in [0.29, 0.717) is 0 Å². The second-order valence-electron chi connectivity index (χ2n) is 16.2. The van der Waals surface area contributed by atoms with Crippen LogP contribution in [0.4, 0.5) is 0 Å². The average Bonchev–Trinajstić information content (AvgIpc) is 3.64. The summed E-state index contributed by atoms with van der Waals surface area (Å²) in [7, 11) is 0. The molecule has 4 heteroatoms. The third-order valence-electron chi connectivity index (χ3n) is 12.9. The van der Waals surface area contributed by atoms with Crippen LogP contribution in [-0.4, -0.2) is 15.0 Å². The first-order valence-corrected chi connectivity index (χ1v) is 21.1. The van der Waals surface area contributed by atoms with Crippen LogP contribution in [0.2, 0.25) is 0 Å². The number of benzene rings is 9. The van der Waals surface area contributed by atoms with Gasteiger partial charge in [0.25, 0.3) is 0 Å². The van der Waals surface area contributed by atoms with Crippen molar-refractivity contribution in [2.75, 3.05) is 0 Å². The third kappa shape index (κ3) is 4.98. The molecule has 2 aliphatic rings. The summed E-state index contributed by atoms with van der Waals surface area (Å²) in [5.74, 6) is 1.78. The fourth-order valence-electron chi connectivity index (χ4n) is 10.3. The summed E-state index contributed by atoms with van der Waals surface area (Å²) in [5, 5.41) is 3.48. The Kier molecular flexibility index (Phi) is 7.49. The van der Waals surface area contributed by atoms with Crippen molar-refractivity contribution < 1.29 is 4.74 Å². The van der Waals surface area contributed by atoms with Crippen molar-refractivity contribution in [3.05, 3.63) is 235 Å². The van der Waals surface area contributed by atoms with Crippen molar-refractivity contribution in [3.8, 4) is 67.5 Å². The molecule has 0 N–H and O–H groups in total. The molecule has 0 radical (unpaired) electrons. The normalized spacial score (nSPS) is 13.1. The van der Waals surface area contributed by atoms with Gasteiger partial charge in [-0.05, 0) is 63.7 Å². The van der Waals surface area contributed by atoms with E-state index >= 15 is 0 Å². The number of ether oxygens (including phenoxy) is 1. The number of aromatic nitrogens is 3. The number of fused-ring (bicyclic) bond motifs is 14. The Morgan fingerprint density at radius 2 is 0.855 bits per heavy atom. The summed E-state index contributed by atoms with van der Waals surface area (Å²) in [6.07, 6.45) is 0. The summed E-state index contributed by atoms with van der Waals surface area (Å²) in [4.78, 5) is 15.8. The first-order chi connectivity index (χ1) is 30.7. The van der Waals surface area contributed by atoms with Crippen molar-refractivity contribution in [2.45, 2.75) is 5.41 Å². The Balaban J connectivity index is 0.979. The molecule has 2 aromatic heterocycles. The van der Waals surface area contributed by atoms with Gasteiger partial charge in [0.1, 0.15) is 11.5 Å². The van der Waals surface area contributed by atoms with E-state index in [1.54, 1.807) is 0 Å². The molecule has 1 aliphatic carbocycles. The Bertz CT molecular complexity index is 3550. The van der Waals surface area contributed by atoms with Gasteiger partial charge in [-0.2, -0.15) is 0 Å². The van der Waals surface area contributed by atoms with Crippen LogP contribution in [-0.2, 0) is 5.41 Å². The van der Waals surface area contributed by atoms with E-state index in [4.69, 9.17) is 19.7 Å². The van der Waals surface area contributed by atoms with Gasteiger partial charge in [-0.1, -0.05) is 182 Å². The maximum Gasteiger partial charge on any atom is 0.132 e. The zero-order valence-corrected chi connectivity index (χ0v) is 33.5. The van der Waals surface area contributed by atoms with E-state index in [9.17, 15) is 0 Å². The third-order valence-corrected chi connectivity index (χ3v) is 12.9. The van der Waals surface area contributed by atoms with Crippen molar-refractivity contribution in [1.29, 1.82) is 0 Å². The largest absolute Gasteiger partial charge is 0.457 e. The first kappa shape index (κ1) is 34.6. The van der Waals surface area contributed by atoms with Gasteiger partial charge >= 0.3 is 0 Å². The van der Waals surface area contributed by atoms with Gasteiger partial charge in [-0.25, -0.2) is 15.0 Å². The number of nitrogens with zero attached hydrogens (tertiary/aromatic N) is 3. The Hall–Kier alpha value is -8.21. The van der Waals surface area contributed by atoms with Crippen LogP contribution in [0.15, 0.2) is 212 Å². The van der Waals surface area contributed by atoms with Gasteiger partial charge < -0.3 is 4.74 Å². The minimum Gasteiger partial charge on any atom is -0.457 e. The van der Waals surface area contributed by atoms with E-state index in [0.717, 1.165) is 94.8 Å². The van der Waals surface area contributed by atoms with Crippen LogP contribution in [0.25, 0.3) is 88.7 Å². The molecule has 62 heavy (non-hydrogen) atoms. The molecule has 0 unspecified atom stereocenters. The number of hydrogen-bond acceptors (Lipinski definition) is 4. The highest BCUT2D eigenvalue weighted by molar-refractivity contribution is 6.19. The standard InChI is InChI=1S/C58H35N3O/c1-3-15-37(16-4-1)56-57(38-17-5-2-6-18-38)61-50-35-40(31-34-49(50)60-56)36-27-29-39(30-28-36)55-43-32-33-47-54(53(43)42-20-8-12-24-48(42)59-55)41-19-7-9-21-44(41)58(47)45-22-10-13-25-51(45)62-52-26-14-11-23-46(52)58/h1-35H. The van der Waals surface area contributed by atoms with E-state index < -0.39 is 5.41 Å². The van der Waals surface area contributed by atoms with Crippen LogP contribution < -0.4 is 4.74 Å². The van der Waals surface area contributed by atoms with Gasteiger partial charge in [0.2, 0.25) is 0 Å². The monoisotopic (exact) mass is 789 g/mol. The summed E-state index contributed by atoms with van der Waals surface area (Å²) in [6, 6.07) is 75.2. The topological polar surface area (TPSA) is 47.9 Å². The second kappa shape index (κ2) is 13.4. The molecule has 0 fully saturated rings. The summed E-state index contributed by atoms with van der Waals surface area (Å²) in [5.41, 5.74) is 17.5. The Morgan fingerprint density at radius 1 is 0.323 bits per heavy atom. The van der Waals surface area contributed by atoms with E-state index in [2.05, 4.69) is 188 Å². The molecule has 0 saturated carbocycles. The zero-order chi connectivity index (χ0) is 40.8. The Morgan fingerprint density at radius 3 is 1.56 bits per heavy atom. The first-order valence-electron chi connectivity index (χ1n) is 21.1. The highest BCUT2D eigenvalue weighted by Gasteiger charge is 2.51. The molecule has 0 saturated heterocycles. The molecule has 0 bridgehead atoms. The number of rotatable bonds is 4. The molecular formula is C58H35N3O. The minimum absolute atomic E-state index is 0.549. The highest BCUT2D eigenvalue weighted by Crippen LogP contribution is 2.63.